The smallest absolute Gasteiger partial charge is 0.150 e. The second-order valence-electron chi connectivity index (χ2n) is 4.70. The van der Waals surface area contributed by atoms with Crippen molar-refractivity contribution >= 4 is 6.29 Å². The highest BCUT2D eigenvalue weighted by atomic mass is 16.1. The summed E-state index contributed by atoms with van der Waals surface area (Å²) in [5.74, 6) is 0. The van der Waals surface area contributed by atoms with Crippen molar-refractivity contribution < 1.29 is 4.79 Å². The van der Waals surface area contributed by atoms with Crippen LogP contribution in [-0.2, 0) is 19.3 Å². The van der Waals surface area contributed by atoms with E-state index in [9.17, 15) is 4.79 Å². The molecule has 0 unspecified atom stereocenters. The molecule has 0 heterocycles. The highest BCUT2D eigenvalue weighted by molar-refractivity contribution is 5.80. The number of benzene rings is 1. The Kier molecular flexibility index (Phi) is 5.96. The average molecular weight is 232 g/mol. The fourth-order valence-corrected chi connectivity index (χ4v) is 2.39. The van der Waals surface area contributed by atoms with Gasteiger partial charge in [0.25, 0.3) is 0 Å². The Morgan fingerprint density at radius 3 is 1.71 bits per heavy atom. The number of rotatable bonds is 7. The molecule has 1 nitrogen and oxygen atoms in total. The van der Waals surface area contributed by atoms with Crippen LogP contribution in [0.2, 0.25) is 0 Å². The van der Waals surface area contributed by atoms with Gasteiger partial charge < -0.3 is 0 Å². The van der Waals surface area contributed by atoms with Crippen molar-refractivity contribution in [2.24, 2.45) is 0 Å². The van der Waals surface area contributed by atoms with Gasteiger partial charge in [-0.25, -0.2) is 0 Å². The van der Waals surface area contributed by atoms with Crippen LogP contribution in [0.4, 0.5) is 0 Å². The average Bonchev–Trinajstić information content (AvgIpc) is 2.30. The molecule has 0 amide bonds. The largest absolute Gasteiger partial charge is 0.298 e. The van der Waals surface area contributed by atoms with E-state index in [0.29, 0.717) is 0 Å². The van der Waals surface area contributed by atoms with Gasteiger partial charge in [0.15, 0.2) is 6.29 Å². The van der Waals surface area contributed by atoms with E-state index in [-0.39, 0.29) is 0 Å². The van der Waals surface area contributed by atoms with Crippen molar-refractivity contribution in [1.82, 2.24) is 0 Å². The highest BCUT2D eigenvalue weighted by Crippen LogP contribution is 2.20. The van der Waals surface area contributed by atoms with Crippen LogP contribution in [0.15, 0.2) is 12.1 Å². The van der Waals surface area contributed by atoms with Crippen molar-refractivity contribution in [3.05, 3.63) is 34.4 Å². The van der Waals surface area contributed by atoms with Crippen molar-refractivity contribution in [2.45, 2.75) is 59.3 Å². The van der Waals surface area contributed by atoms with Gasteiger partial charge in [0.1, 0.15) is 0 Å². The zero-order valence-corrected chi connectivity index (χ0v) is 11.4. The quantitative estimate of drug-likeness (QED) is 0.638. The lowest BCUT2D eigenvalue weighted by atomic mass is 9.92. The second-order valence-corrected chi connectivity index (χ2v) is 4.70. The lowest BCUT2D eigenvalue weighted by Gasteiger charge is -2.12. The molecular formula is C16H24O. The maximum atomic E-state index is 11.3. The minimum Gasteiger partial charge on any atom is -0.298 e. The first-order valence-electron chi connectivity index (χ1n) is 6.86. The number of hydrogen-bond acceptors (Lipinski definition) is 1. The van der Waals surface area contributed by atoms with Gasteiger partial charge in [0.05, 0.1) is 0 Å². The van der Waals surface area contributed by atoms with Gasteiger partial charge in [-0.05, 0) is 36.0 Å². The Bertz CT molecular complexity index is 339. The van der Waals surface area contributed by atoms with Crippen molar-refractivity contribution in [3.63, 3.8) is 0 Å². The molecule has 1 aromatic carbocycles. The normalized spacial score (nSPS) is 10.5. The van der Waals surface area contributed by atoms with Crippen LogP contribution >= 0.6 is 0 Å². The van der Waals surface area contributed by atoms with E-state index in [4.69, 9.17) is 0 Å². The highest BCUT2D eigenvalue weighted by Gasteiger charge is 2.09. The summed E-state index contributed by atoms with van der Waals surface area (Å²) in [6.07, 6.45) is 7.56. The third kappa shape index (κ3) is 3.69. The van der Waals surface area contributed by atoms with Crippen molar-refractivity contribution in [3.8, 4) is 0 Å². The maximum Gasteiger partial charge on any atom is 0.150 e. The van der Waals surface area contributed by atoms with Gasteiger partial charge in [0.2, 0.25) is 0 Å². The van der Waals surface area contributed by atoms with E-state index in [1.807, 2.05) is 0 Å². The summed E-state index contributed by atoms with van der Waals surface area (Å²) in [7, 11) is 0. The van der Waals surface area contributed by atoms with E-state index in [1.54, 1.807) is 0 Å². The lowest BCUT2D eigenvalue weighted by molar-refractivity contribution is 0.112. The Morgan fingerprint density at radius 2 is 1.35 bits per heavy atom. The molecule has 0 aliphatic rings. The predicted molar refractivity (Wildman–Crippen MR) is 73.8 cm³/mol. The number of aldehydes is 1. The predicted octanol–water partition coefficient (Wildman–Crippen LogP) is 4.36. The molecule has 0 aromatic heterocycles. The molecule has 0 N–H and O–H groups in total. The Hall–Kier alpha value is -1.11. The van der Waals surface area contributed by atoms with Crippen LogP contribution in [-0.4, -0.2) is 6.29 Å². The van der Waals surface area contributed by atoms with Crippen LogP contribution in [0, 0.1) is 0 Å². The molecular weight excluding hydrogens is 208 g/mol. The molecule has 0 bridgehead atoms. The van der Waals surface area contributed by atoms with Gasteiger partial charge in [-0.1, -0.05) is 52.2 Å². The standard InChI is InChI=1S/C16H24O/c1-4-7-13-10-14(8-5-2)16(12-17)15(11-13)9-6-3/h10-12H,4-9H2,1-3H3. The minimum atomic E-state index is 0.952. The molecule has 0 aliphatic heterocycles. The van der Waals surface area contributed by atoms with Gasteiger partial charge in [-0.3, -0.25) is 4.79 Å². The Labute approximate surface area is 105 Å². The molecule has 0 spiro atoms. The van der Waals surface area contributed by atoms with Crippen LogP contribution in [0.3, 0.4) is 0 Å². The summed E-state index contributed by atoms with van der Waals surface area (Å²) in [4.78, 5) is 11.3. The third-order valence-electron chi connectivity index (χ3n) is 3.11. The molecule has 0 fully saturated rings. The molecule has 1 aromatic rings. The first-order chi connectivity index (χ1) is 8.26. The minimum absolute atomic E-state index is 0.952. The van der Waals surface area contributed by atoms with Crippen LogP contribution in [0.5, 0.6) is 0 Å². The van der Waals surface area contributed by atoms with Gasteiger partial charge >= 0.3 is 0 Å². The molecule has 1 rings (SSSR count). The first kappa shape index (κ1) is 14.0. The Balaban J connectivity index is 3.18. The molecule has 0 saturated heterocycles. The van der Waals surface area contributed by atoms with E-state index >= 15 is 0 Å². The van der Waals surface area contributed by atoms with Gasteiger partial charge in [-0.2, -0.15) is 0 Å². The van der Waals surface area contributed by atoms with Gasteiger partial charge in [-0.15, -0.1) is 0 Å². The fourth-order valence-electron chi connectivity index (χ4n) is 2.39. The monoisotopic (exact) mass is 232 g/mol. The summed E-state index contributed by atoms with van der Waals surface area (Å²) in [6.45, 7) is 6.54. The zero-order valence-electron chi connectivity index (χ0n) is 11.4. The van der Waals surface area contributed by atoms with Crippen molar-refractivity contribution in [1.29, 1.82) is 0 Å². The summed E-state index contributed by atoms with van der Waals surface area (Å²) in [5, 5.41) is 0. The molecule has 0 atom stereocenters. The number of hydrogen-bond donors (Lipinski definition) is 0. The Morgan fingerprint density at radius 1 is 0.882 bits per heavy atom. The number of carbonyl (C=O) groups excluding carboxylic acids is 1. The fraction of sp³-hybridized carbons (Fsp3) is 0.562. The summed E-state index contributed by atoms with van der Waals surface area (Å²) >= 11 is 0. The topological polar surface area (TPSA) is 17.1 Å². The third-order valence-corrected chi connectivity index (χ3v) is 3.11. The van der Waals surface area contributed by atoms with Crippen LogP contribution in [0.25, 0.3) is 0 Å². The summed E-state index contributed by atoms with van der Waals surface area (Å²) in [6, 6.07) is 4.46. The first-order valence-corrected chi connectivity index (χ1v) is 6.86. The van der Waals surface area contributed by atoms with Crippen LogP contribution < -0.4 is 0 Å². The summed E-state index contributed by atoms with van der Waals surface area (Å²) < 4.78 is 0. The molecule has 0 radical (unpaired) electrons. The molecule has 1 heteroatoms. The van der Waals surface area contributed by atoms with E-state index in [2.05, 4.69) is 32.9 Å². The van der Waals surface area contributed by atoms with E-state index in [1.165, 1.54) is 16.7 Å². The molecule has 94 valence electrons. The second kappa shape index (κ2) is 7.26. The van der Waals surface area contributed by atoms with E-state index in [0.717, 1.165) is 50.4 Å². The maximum absolute atomic E-state index is 11.3. The van der Waals surface area contributed by atoms with Gasteiger partial charge in [0, 0.05) is 5.56 Å². The SMILES string of the molecule is CCCc1cc(CCC)c(C=O)c(CCC)c1. The van der Waals surface area contributed by atoms with Crippen LogP contribution in [0.1, 0.15) is 67.1 Å². The number of aryl methyl sites for hydroxylation is 3. The summed E-state index contributed by atoms with van der Waals surface area (Å²) in [5.41, 5.74) is 4.84. The molecule has 0 aliphatic carbocycles. The number of carbonyl (C=O) groups is 1. The zero-order chi connectivity index (χ0) is 12.7. The molecule has 0 saturated carbocycles. The van der Waals surface area contributed by atoms with Crippen molar-refractivity contribution in [2.75, 3.05) is 0 Å². The lowest BCUT2D eigenvalue weighted by Crippen LogP contribution is -2.02. The molecule has 17 heavy (non-hydrogen) atoms. The van der Waals surface area contributed by atoms with E-state index < -0.39 is 0 Å².